The van der Waals surface area contributed by atoms with Crippen LogP contribution in [0.1, 0.15) is 51.0 Å². The fraction of sp³-hybridized carbons (Fsp3) is 0.591. The first-order chi connectivity index (χ1) is 13.5. The van der Waals surface area contributed by atoms with Gasteiger partial charge in [0.2, 0.25) is 5.91 Å². The van der Waals surface area contributed by atoms with Crippen LogP contribution in [0, 0.1) is 5.92 Å². The summed E-state index contributed by atoms with van der Waals surface area (Å²) in [7, 11) is 0. The van der Waals surface area contributed by atoms with Crippen LogP contribution in [0.4, 0.5) is 4.79 Å². The molecule has 2 saturated heterocycles. The van der Waals surface area contributed by atoms with Crippen LogP contribution in [0.25, 0.3) is 0 Å². The zero-order valence-corrected chi connectivity index (χ0v) is 16.5. The highest BCUT2D eigenvalue weighted by Gasteiger charge is 2.52. The van der Waals surface area contributed by atoms with Crippen molar-refractivity contribution in [3.63, 3.8) is 0 Å². The van der Waals surface area contributed by atoms with Gasteiger partial charge in [-0.25, -0.2) is 4.79 Å². The van der Waals surface area contributed by atoms with E-state index in [1.54, 1.807) is 0 Å². The van der Waals surface area contributed by atoms with Crippen LogP contribution in [0.15, 0.2) is 30.3 Å². The number of nitrogens with zero attached hydrogens (tertiary/aromatic N) is 2. The van der Waals surface area contributed by atoms with Crippen molar-refractivity contribution < 1.29 is 14.4 Å². The van der Waals surface area contributed by atoms with Crippen molar-refractivity contribution in [2.24, 2.45) is 5.92 Å². The number of hydrogen-bond acceptors (Lipinski definition) is 3. The maximum Gasteiger partial charge on any atom is 0.325 e. The van der Waals surface area contributed by atoms with Crippen LogP contribution in [0.3, 0.4) is 0 Å². The van der Waals surface area contributed by atoms with E-state index in [2.05, 4.69) is 24.4 Å². The van der Waals surface area contributed by atoms with Gasteiger partial charge in [0.25, 0.3) is 5.91 Å². The molecule has 1 spiro atoms. The number of hydrogen-bond donors (Lipinski definition) is 1. The lowest BCUT2D eigenvalue weighted by Gasteiger charge is -2.33. The molecule has 150 valence electrons. The predicted molar refractivity (Wildman–Crippen MR) is 105 cm³/mol. The molecule has 4 rings (SSSR count). The Morgan fingerprint density at radius 3 is 2.57 bits per heavy atom. The second-order valence-electron chi connectivity index (χ2n) is 8.66. The Morgan fingerprint density at radius 1 is 1.14 bits per heavy atom. The van der Waals surface area contributed by atoms with E-state index < -0.39 is 11.6 Å². The first-order valence-corrected chi connectivity index (χ1v) is 10.5. The Bertz CT molecular complexity index is 756. The minimum absolute atomic E-state index is 0.122. The zero-order chi connectivity index (χ0) is 19.7. The maximum absolute atomic E-state index is 13.0. The molecule has 0 radical (unpaired) electrons. The largest absolute Gasteiger partial charge is 0.338 e. The van der Waals surface area contributed by atoms with Crippen LogP contribution in [0.5, 0.6) is 0 Å². The summed E-state index contributed by atoms with van der Waals surface area (Å²) < 4.78 is 0. The first-order valence-electron chi connectivity index (χ1n) is 10.5. The van der Waals surface area contributed by atoms with Crippen molar-refractivity contribution in [1.29, 1.82) is 0 Å². The number of carbonyl (C=O) groups excluding carboxylic acids is 3. The van der Waals surface area contributed by atoms with E-state index in [4.69, 9.17) is 0 Å². The molecule has 3 fully saturated rings. The first kappa shape index (κ1) is 19.0. The third kappa shape index (κ3) is 3.52. The molecule has 6 heteroatoms. The number of rotatable bonds is 4. The number of likely N-dealkylation sites (tertiary alicyclic amines) is 1. The Hall–Kier alpha value is -2.37. The fourth-order valence-electron chi connectivity index (χ4n) is 4.90. The van der Waals surface area contributed by atoms with Gasteiger partial charge in [0.15, 0.2) is 0 Å². The Kier molecular flexibility index (Phi) is 5.13. The molecule has 1 aromatic carbocycles. The molecule has 1 unspecified atom stereocenters. The molecular formula is C22H29N3O3. The molecule has 3 aliphatic rings. The summed E-state index contributed by atoms with van der Waals surface area (Å²) in [6, 6.07) is 9.88. The van der Waals surface area contributed by atoms with E-state index in [9.17, 15) is 14.4 Å². The number of carbonyl (C=O) groups is 3. The lowest BCUT2D eigenvalue weighted by molar-refractivity contribution is -0.140. The van der Waals surface area contributed by atoms with Gasteiger partial charge < -0.3 is 10.2 Å². The summed E-state index contributed by atoms with van der Waals surface area (Å²) in [4.78, 5) is 41.5. The van der Waals surface area contributed by atoms with Crippen LogP contribution < -0.4 is 5.32 Å². The molecule has 1 saturated carbocycles. The van der Waals surface area contributed by atoms with Gasteiger partial charge in [0.1, 0.15) is 12.1 Å². The van der Waals surface area contributed by atoms with Crippen molar-refractivity contribution in [2.75, 3.05) is 13.1 Å². The Morgan fingerprint density at radius 2 is 1.86 bits per heavy atom. The molecule has 1 aliphatic carbocycles. The summed E-state index contributed by atoms with van der Waals surface area (Å²) in [6.45, 7) is 2.73. The molecule has 0 aromatic heterocycles. The SMILES string of the molecule is CC1CCC2(CC1)NC(=O)N(CC(=O)N1CCCC1Cc1ccccc1)C2=O. The highest BCUT2D eigenvalue weighted by atomic mass is 16.2. The van der Waals surface area contributed by atoms with E-state index in [0.29, 0.717) is 25.3 Å². The number of benzene rings is 1. The van der Waals surface area contributed by atoms with Gasteiger partial charge in [0, 0.05) is 12.6 Å². The van der Waals surface area contributed by atoms with Gasteiger partial charge in [-0.2, -0.15) is 0 Å². The summed E-state index contributed by atoms with van der Waals surface area (Å²) in [6.07, 6.45) is 5.94. The monoisotopic (exact) mass is 383 g/mol. The lowest BCUT2D eigenvalue weighted by Crippen LogP contribution is -2.50. The van der Waals surface area contributed by atoms with E-state index in [0.717, 1.165) is 37.0 Å². The smallest absolute Gasteiger partial charge is 0.325 e. The molecule has 2 aliphatic heterocycles. The van der Waals surface area contributed by atoms with Crippen LogP contribution in [-0.4, -0.2) is 52.3 Å². The van der Waals surface area contributed by atoms with Gasteiger partial charge in [-0.05, 0) is 56.4 Å². The molecule has 4 amide bonds. The summed E-state index contributed by atoms with van der Waals surface area (Å²) in [5.41, 5.74) is 0.427. The number of imide groups is 1. The minimum Gasteiger partial charge on any atom is -0.338 e. The number of urea groups is 1. The quantitative estimate of drug-likeness (QED) is 0.813. The fourth-order valence-corrected chi connectivity index (χ4v) is 4.90. The normalized spacial score (nSPS) is 30.2. The molecule has 1 atom stereocenters. The van der Waals surface area contributed by atoms with Gasteiger partial charge in [-0.3, -0.25) is 14.5 Å². The average molecular weight is 383 g/mol. The zero-order valence-electron chi connectivity index (χ0n) is 16.5. The molecule has 1 N–H and O–H groups in total. The summed E-state index contributed by atoms with van der Waals surface area (Å²) >= 11 is 0. The summed E-state index contributed by atoms with van der Waals surface area (Å²) in [5, 5.41) is 2.90. The Labute approximate surface area is 166 Å². The highest BCUT2D eigenvalue weighted by Crippen LogP contribution is 2.36. The van der Waals surface area contributed by atoms with Crippen LogP contribution in [-0.2, 0) is 16.0 Å². The van der Waals surface area contributed by atoms with E-state index in [1.807, 2.05) is 23.1 Å². The second kappa shape index (κ2) is 7.57. The van der Waals surface area contributed by atoms with Gasteiger partial charge in [-0.1, -0.05) is 37.3 Å². The molecular weight excluding hydrogens is 354 g/mol. The van der Waals surface area contributed by atoms with Crippen molar-refractivity contribution >= 4 is 17.8 Å². The molecule has 0 bridgehead atoms. The van der Waals surface area contributed by atoms with Crippen molar-refractivity contribution in [2.45, 2.75) is 63.5 Å². The number of amides is 4. The van der Waals surface area contributed by atoms with Gasteiger partial charge in [0.05, 0.1) is 0 Å². The Balaban J connectivity index is 1.41. The van der Waals surface area contributed by atoms with Crippen LogP contribution >= 0.6 is 0 Å². The van der Waals surface area contributed by atoms with E-state index in [-0.39, 0.29) is 24.4 Å². The van der Waals surface area contributed by atoms with E-state index >= 15 is 0 Å². The lowest BCUT2D eigenvalue weighted by atomic mass is 9.77. The van der Waals surface area contributed by atoms with Crippen molar-refractivity contribution in [3.8, 4) is 0 Å². The second-order valence-corrected chi connectivity index (χ2v) is 8.66. The standard InChI is InChI=1S/C22H29N3O3/c1-16-9-11-22(12-10-16)20(27)25(21(28)23-22)15-19(26)24-13-5-8-18(24)14-17-6-3-2-4-7-17/h2-4,6-7,16,18H,5,8-15H2,1H3,(H,23,28). The minimum atomic E-state index is -0.779. The number of nitrogens with one attached hydrogen (secondary N) is 1. The van der Waals surface area contributed by atoms with E-state index in [1.165, 1.54) is 5.56 Å². The molecule has 2 heterocycles. The molecule has 28 heavy (non-hydrogen) atoms. The predicted octanol–water partition coefficient (Wildman–Crippen LogP) is 2.72. The highest BCUT2D eigenvalue weighted by molar-refractivity contribution is 6.09. The topological polar surface area (TPSA) is 69.7 Å². The molecule has 6 nitrogen and oxygen atoms in total. The van der Waals surface area contributed by atoms with Gasteiger partial charge in [-0.15, -0.1) is 0 Å². The third-order valence-electron chi connectivity index (χ3n) is 6.68. The maximum atomic E-state index is 13.0. The average Bonchev–Trinajstić information content (AvgIpc) is 3.24. The molecule has 1 aromatic rings. The van der Waals surface area contributed by atoms with Crippen molar-refractivity contribution in [3.05, 3.63) is 35.9 Å². The van der Waals surface area contributed by atoms with Gasteiger partial charge >= 0.3 is 6.03 Å². The van der Waals surface area contributed by atoms with Crippen LogP contribution in [0.2, 0.25) is 0 Å². The third-order valence-corrected chi connectivity index (χ3v) is 6.68. The summed E-state index contributed by atoms with van der Waals surface area (Å²) in [5.74, 6) is 0.245. The van der Waals surface area contributed by atoms with Crippen molar-refractivity contribution in [1.82, 2.24) is 15.1 Å².